The van der Waals surface area contributed by atoms with Crippen LogP contribution in [0.15, 0.2) is 0 Å². The fraction of sp³-hybridized carbons (Fsp3) is 1.00. The van der Waals surface area contributed by atoms with Gasteiger partial charge in [-0.2, -0.15) is 43.2 Å². The molecule has 4 saturated carbocycles. The Labute approximate surface area is 145 Å². The van der Waals surface area contributed by atoms with Crippen LogP contribution in [-0.4, -0.2) is 39.1 Å². The molecule has 26 heavy (non-hydrogen) atoms. The molecule has 0 N–H and O–H groups in total. The quantitative estimate of drug-likeness (QED) is 0.386. The Kier molecular flexibility index (Phi) is 4.24. The van der Waals surface area contributed by atoms with Gasteiger partial charge in [0.2, 0.25) is 0 Å². The number of halogens is 6. The molecule has 0 radical (unpaired) electrons. The van der Waals surface area contributed by atoms with Crippen molar-refractivity contribution in [2.45, 2.75) is 60.7 Å². The minimum Gasteiger partial charge on any atom is -0.256 e. The van der Waals surface area contributed by atoms with Crippen molar-refractivity contribution in [3.63, 3.8) is 0 Å². The first-order chi connectivity index (χ1) is 11.5. The van der Waals surface area contributed by atoms with Gasteiger partial charge in [-0.1, -0.05) is 0 Å². The van der Waals surface area contributed by atoms with E-state index in [9.17, 15) is 43.2 Å². The number of hydrogen-bond acceptors (Lipinski definition) is 6. The summed E-state index contributed by atoms with van der Waals surface area (Å²) in [7, 11) is -12.0. The molecule has 4 fully saturated rings. The summed E-state index contributed by atoms with van der Waals surface area (Å²) in [5.74, 6) is -0.966. The van der Waals surface area contributed by atoms with Crippen molar-refractivity contribution in [2.75, 3.05) is 0 Å². The zero-order chi connectivity index (χ0) is 19.8. The minimum absolute atomic E-state index is 0.115. The van der Waals surface area contributed by atoms with Crippen LogP contribution >= 0.6 is 0 Å². The fourth-order valence-corrected chi connectivity index (χ4v) is 6.36. The van der Waals surface area contributed by atoms with Crippen LogP contribution in [0.3, 0.4) is 0 Å². The molecule has 4 bridgehead atoms. The number of rotatable bonds is 4. The summed E-state index contributed by atoms with van der Waals surface area (Å²) < 4.78 is 130. The van der Waals surface area contributed by atoms with Crippen molar-refractivity contribution in [3.8, 4) is 0 Å². The maximum atomic E-state index is 12.7. The lowest BCUT2D eigenvalue weighted by atomic mass is 9.52. The summed E-state index contributed by atoms with van der Waals surface area (Å²) in [5.41, 5.74) is -15.2. The van der Waals surface area contributed by atoms with Gasteiger partial charge in [0.15, 0.2) is 0 Å². The molecule has 14 heteroatoms. The van der Waals surface area contributed by atoms with Gasteiger partial charge in [-0.05, 0) is 43.9 Å². The highest BCUT2D eigenvalue weighted by Gasteiger charge is 2.65. The summed E-state index contributed by atoms with van der Waals surface area (Å²) in [6.45, 7) is 0. The molecule has 4 rings (SSSR count). The third kappa shape index (κ3) is 3.33. The summed E-state index contributed by atoms with van der Waals surface area (Å²) in [5, 5.41) is 0. The number of hydrogen-bond donors (Lipinski definition) is 0. The molecule has 6 nitrogen and oxygen atoms in total. The molecule has 0 atom stereocenters. The molecule has 4 aliphatic carbocycles. The molecule has 0 amide bonds. The Bertz CT molecular complexity index is 721. The molecule has 152 valence electrons. The van der Waals surface area contributed by atoms with E-state index in [1.165, 1.54) is 0 Å². The Hall–Kier alpha value is -0.600. The van der Waals surface area contributed by atoms with Gasteiger partial charge in [0.25, 0.3) is 0 Å². The topological polar surface area (TPSA) is 86.7 Å². The zero-order valence-electron chi connectivity index (χ0n) is 12.9. The Balaban J connectivity index is 1.93. The van der Waals surface area contributed by atoms with Gasteiger partial charge in [-0.25, -0.2) is 0 Å². The van der Waals surface area contributed by atoms with Crippen molar-refractivity contribution in [2.24, 2.45) is 11.8 Å². The lowest BCUT2D eigenvalue weighted by molar-refractivity contribution is -0.184. The van der Waals surface area contributed by atoms with E-state index >= 15 is 0 Å². The van der Waals surface area contributed by atoms with Crippen molar-refractivity contribution >= 4 is 20.2 Å². The summed E-state index contributed by atoms with van der Waals surface area (Å²) in [6, 6.07) is 0. The molecule has 4 aliphatic rings. The first-order valence-electron chi connectivity index (χ1n) is 7.52. The maximum Gasteiger partial charge on any atom is 0.523 e. The van der Waals surface area contributed by atoms with Crippen molar-refractivity contribution in [1.29, 1.82) is 0 Å². The summed E-state index contributed by atoms with van der Waals surface area (Å²) >= 11 is 0. The minimum atomic E-state index is -5.99. The highest BCUT2D eigenvalue weighted by atomic mass is 32.2. The van der Waals surface area contributed by atoms with Crippen LogP contribution in [-0.2, 0) is 28.6 Å². The van der Waals surface area contributed by atoms with Crippen LogP contribution in [0.25, 0.3) is 0 Å². The van der Waals surface area contributed by atoms with Gasteiger partial charge in [0, 0.05) is 6.42 Å². The molecular formula is C12H14F6O6S2. The first-order valence-corrected chi connectivity index (χ1v) is 10.3. The monoisotopic (exact) mass is 432 g/mol. The molecular weight excluding hydrogens is 418 g/mol. The predicted octanol–water partition coefficient (Wildman–Crippen LogP) is 2.81. The van der Waals surface area contributed by atoms with Crippen molar-refractivity contribution < 1.29 is 51.5 Å². The smallest absolute Gasteiger partial charge is 0.256 e. The molecule has 0 aromatic rings. The van der Waals surface area contributed by atoms with E-state index in [0.717, 1.165) is 0 Å². The van der Waals surface area contributed by atoms with Crippen LogP contribution in [0, 0.1) is 11.8 Å². The van der Waals surface area contributed by atoms with Crippen LogP contribution < -0.4 is 0 Å². The summed E-state index contributed by atoms with van der Waals surface area (Å²) in [4.78, 5) is 0. The molecule has 0 aromatic carbocycles. The molecule has 0 unspecified atom stereocenters. The van der Waals surface area contributed by atoms with Crippen LogP contribution in [0.5, 0.6) is 0 Å². The predicted molar refractivity (Wildman–Crippen MR) is 72.3 cm³/mol. The lowest BCUT2D eigenvalue weighted by Crippen LogP contribution is -2.62. The second-order valence-electron chi connectivity index (χ2n) is 7.29. The summed E-state index contributed by atoms with van der Waals surface area (Å²) in [6.07, 6.45) is -0.691. The Morgan fingerprint density at radius 1 is 0.692 bits per heavy atom. The molecule has 0 aromatic heterocycles. The highest BCUT2D eigenvalue weighted by molar-refractivity contribution is 7.87. The third-order valence-corrected chi connectivity index (χ3v) is 7.37. The van der Waals surface area contributed by atoms with E-state index in [-0.39, 0.29) is 25.7 Å². The highest BCUT2D eigenvalue weighted by Crippen LogP contribution is 2.61. The molecule has 0 spiro atoms. The van der Waals surface area contributed by atoms with E-state index < -0.39 is 60.7 Å². The largest absolute Gasteiger partial charge is 0.523 e. The second kappa shape index (κ2) is 5.47. The van der Waals surface area contributed by atoms with E-state index in [2.05, 4.69) is 8.37 Å². The van der Waals surface area contributed by atoms with Gasteiger partial charge in [-0.15, -0.1) is 0 Å². The van der Waals surface area contributed by atoms with E-state index in [1.54, 1.807) is 0 Å². The van der Waals surface area contributed by atoms with E-state index in [0.29, 0.717) is 6.42 Å². The van der Waals surface area contributed by atoms with Gasteiger partial charge >= 0.3 is 31.3 Å². The van der Waals surface area contributed by atoms with Gasteiger partial charge in [0.05, 0.1) is 11.2 Å². The van der Waals surface area contributed by atoms with E-state index in [1.807, 2.05) is 0 Å². The van der Waals surface area contributed by atoms with Crippen molar-refractivity contribution in [3.05, 3.63) is 0 Å². The normalized spacial score (nSPS) is 37.9. The molecule has 0 aliphatic heterocycles. The molecule has 0 heterocycles. The van der Waals surface area contributed by atoms with Crippen LogP contribution in [0.4, 0.5) is 26.3 Å². The van der Waals surface area contributed by atoms with Crippen LogP contribution in [0.1, 0.15) is 38.5 Å². The maximum absolute atomic E-state index is 12.7. The SMILES string of the molecule is O=S(=O)(OC12CC3CC(C1)CC(OS(=O)(=O)C(F)(F)F)(C3)C2)C(F)(F)F. The standard InChI is InChI=1S/C12H14F6O6S2/c13-11(14,15)25(19,20)23-9-2-7-1-8(4-9)5-10(3-7,6-9)24-26(21,22)12(16,17)18/h7-8H,1-6H2. The second-order valence-corrected chi connectivity index (χ2v) is 10.4. The van der Waals surface area contributed by atoms with Gasteiger partial charge < -0.3 is 0 Å². The fourth-order valence-electron chi connectivity index (χ4n) is 4.85. The zero-order valence-corrected chi connectivity index (χ0v) is 14.6. The van der Waals surface area contributed by atoms with Gasteiger partial charge in [-0.3, -0.25) is 8.37 Å². The lowest BCUT2D eigenvalue weighted by Gasteiger charge is -2.59. The van der Waals surface area contributed by atoms with E-state index in [4.69, 9.17) is 0 Å². The first kappa shape index (κ1) is 20.1. The average molecular weight is 432 g/mol. The van der Waals surface area contributed by atoms with Crippen molar-refractivity contribution in [1.82, 2.24) is 0 Å². The van der Waals surface area contributed by atoms with Crippen LogP contribution in [0.2, 0.25) is 0 Å². The Morgan fingerprint density at radius 3 is 1.27 bits per heavy atom. The van der Waals surface area contributed by atoms with Gasteiger partial charge in [0.1, 0.15) is 0 Å². The average Bonchev–Trinajstić information content (AvgIpc) is 2.30. The number of alkyl halides is 6. The molecule has 0 saturated heterocycles. The third-order valence-electron chi connectivity index (χ3n) is 5.09. The Morgan fingerprint density at radius 2 is 1.00 bits per heavy atom.